The topological polar surface area (TPSA) is 115 Å². The Morgan fingerprint density at radius 3 is 2.75 bits per heavy atom. The predicted molar refractivity (Wildman–Crippen MR) is 90.5 cm³/mol. The van der Waals surface area contributed by atoms with E-state index in [0.29, 0.717) is 6.54 Å². The molecule has 1 heterocycles. The van der Waals surface area contributed by atoms with Crippen LogP contribution in [0.4, 0.5) is 15.0 Å². The number of pyridine rings is 1. The number of hydrogen-bond donors (Lipinski definition) is 4. The highest BCUT2D eigenvalue weighted by atomic mass is 19.1. The summed E-state index contributed by atoms with van der Waals surface area (Å²) < 4.78 is 19.1. The number of halogens is 1. The van der Waals surface area contributed by atoms with Crippen LogP contribution in [0.15, 0.2) is 12.3 Å². The van der Waals surface area contributed by atoms with Crippen LogP contribution < -0.4 is 21.8 Å². The lowest BCUT2D eigenvalue weighted by molar-refractivity contribution is -0.119. The van der Waals surface area contributed by atoms with Gasteiger partial charge in [0, 0.05) is 18.3 Å². The number of unbranched alkanes of at least 4 members (excludes halogenated alkanes) is 5. The molecule has 6 N–H and O–H groups in total. The highest BCUT2D eigenvalue weighted by Gasteiger charge is 2.13. The molecule has 1 aromatic rings. The van der Waals surface area contributed by atoms with E-state index in [2.05, 4.69) is 22.5 Å². The summed E-state index contributed by atoms with van der Waals surface area (Å²) in [6.45, 7) is 2.60. The van der Waals surface area contributed by atoms with Crippen molar-refractivity contribution in [3.05, 3.63) is 23.6 Å². The Morgan fingerprint density at radius 1 is 1.33 bits per heavy atom. The van der Waals surface area contributed by atoms with Crippen molar-refractivity contribution in [3.8, 4) is 0 Å². The lowest BCUT2D eigenvalue weighted by Crippen LogP contribution is -2.56. The van der Waals surface area contributed by atoms with E-state index < -0.39 is 11.9 Å². The Balaban J connectivity index is 2.39. The SMILES string of the molecule is CCCCCCCCNc1nccc(COC(=O)NC(N)=[NH2+])c1F. The molecule has 8 heteroatoms. The van der Waals surface area contributed by atoms with Gasteiger partial charge >= 0.3 is 12.1 Å². The van der Waals surface area contributed by atoms with Gasteiger partial charge in [0.15, 0.2) is 11.6 Å². The second kappa shape index (κ2) is 11.2. The monoisotopic (exact) mass is 340 g/mol. The molecule has 24 heavy (non-hydrogen) atoms. The molecule has 0 radical (unpaired) electrons. The van der Waals surface area contributed by atoms with Gasteiger partial charge in [-0.15, -0.1) is 0 Å². The summed E-state index contributed by atoms with van der Waals surface area (Å²) in [7, 11) is 0. The lowest BCUT2D eigenvalue weighted by Gasteiger charge is -2.09. The number of nitrogens with zero attached hydrogens (tertiary/aromatic N) is 1. The van der Waals surface area contributed by atoms with Gasteiger partial charge in [0.05, 0.1) is 0 Å². The smallest absolute Gasteiger partial charge is 0.432 e. The van der Waals surface area contributed by atoms with E-state index in [4.69, 9.17) is 15.9 Å². The van der Waals surface area contributed by atoms with E-state index in [9.17, 15) is 9.18 Å². The van der Waals surface area contributed by atoms with Crippen LogP contribution in [0.3, 0.4) is 0 Å². The largest absolute Gasteiger partial charge is 0.476 e. The lowest BCUT2D eigenvalue weighted by atomic mass is 10.1. The number of aromatic nitrogens is 1. The van der Waals surface area contributed by atoms with Crippen molar-refractivity contribution in [1.29, 1.82) is 0 Å². The molecule has 1 amide bonds. The van der Waals surface area contributed by atoms with E-state index >= 15 is 0 Å². The van der Waals surface area contributed by atoms with Crippen LogP contribution in [0.25, 0.3) is 0 Å². The average molecular weight is 340 g/mol. The molecule has 0 aliphatic rings. The summed E-state index contributed by atoms with van der Waals surface area (Å²) in [4.78, 5) is 15.2. The number of carbonyl (C=O) groups is 1. The Kier molecular flexibility index (Phi) is 9.18. The molecule has 0 aromatic carbocycles. The normalized spacial score (nSPS) is 10.2. The predicted octanol–water partition coefficient (Wildman–Crippen LogP) is 1.29. The number of anilines is 1. The minimum absolute atomic E-state index is 0.162. The molecular formula is C16H27FN5O2+. The summed E-state index contributed by atoms with van der Waals surface area (Å²) in [5.41, 5.74) is 5.33. The molecule has 0 aliphatic carbocycles. The molecule has 1 rings (SSSR count). The van der Waals surface area contributed by atoms with Crippen molar-refractivity contribution in [3.63, 3.8) is 0 Å². The van der Waals surface area contributed by atoms with Crippen LogP contribution >= 0.6 is 0 Å². The van der Waals surface area contributed by atoms with Crippen LogP contribution in [0.1, 0.15) is 51.0 Å². The van der Waals surface area contributed by atoms with Crippen molar-refractivity contribution < 1.29 is 19.3 Å². The molecule has 0 aliphatic heterocycles. The first kappa shape index (κ1) is 19.7. The number of nitrogens with two attached hydrogens (primary N) is 2. The first-order valence-corrected chi connectivity index (χ1v) is 8.23. The summed E-state index contributed by atoms with van der Waals surface area (Å²) in [6.07, 6.45) is 7.59. The van der Waals surface area contributed by atoms with Crippen molar-refractivity contribution in [2.24, 2.45) is 5.73 Å². The Hall–Kier alpha value is -2.38. The number of alkyl carbamates (subject to hydrolysis) is 1. The zero-order valence-corrected chi connectivity index (χ0v) is 14.1. The van der Waals surface area contributed by atoms with Crippen molar-refractivity contribution in [2.45, 2.75) is 52.1 Å². The van der Waals surface area contributed by atoms with E-state index in [1.807, 2.05) is 0 Å². The fraction of sp³-hybridized carbons (Fsp3) is 0.562. The van der Waals surface area contributed by atoms with Gasteiger partial charge in [-0.2, -0.15) is 5.32 Å². The van der Waals surface area contributed by atoms with Gasteiger partial charge in [0.2, 0.25) is 0 Å². The summed E-state index contributed by atoms with van der Waals surface area (Å²) in [5, 5.41) is 10.2. The first-order chi connectivity index (χ1) is 11.5. The maximum Gasteiger partial charge on any atom is 0.476 e. The fourth-order valence-electron chi connectivity index (χ4n) is 2.13. The van der Waals surface area contributed by atoms with Gasteiger partial charge in [-0.05, 0) is 12.5 Å². The molecule has 0 spiro atoms. The van der Waals surface area contributed by atoms with Crippen LogP contribution in [0.2, 0.25) is 0 Å². The van der Waals surface area contributed by atoms with Crippen LogP contribution in [0.5, 0.6) is 0 Å². The third kappa shape index (κ3) is 7.75. The molecule has 0 atom stereocenters. The molecule has 134 valence electrons. The fourth-order valence-corrected chi connectivity index (χ4v) is 2.13. The van der Waals surface area contributed by atoms with Crippen molar-refractivity contribution in [2.75, 3.05) is 11.9 Å². The summed E-state index contributed by atoms with van der Waals surface area (Å²) >= 11 is 0. The second-order valence-corrected chi connectivity index (χ2v) is 5.48. The molecule has 1 aromatic heterocycles. The van der Waals surface area contributed by atoms with Gasteiger partial charge in [-0.25, -0.2) is 14.2 Å². The van der Waals surface area contributed by atoms with Crippen molar-refractivity contribution >= 4 is 17.9 Å². The van der Waals surface area contributed by atoms with Gasteiger partial charge in [-0.1, -0.05) is 39.0 Å². The van der Waals surface area contributed by atoms with Gasteiger partial charge in [0.25, 0.3) is 0 Å². The average Bonchev–Trinajstić information content (AvgIpc) is 2.53. The number of rotatable bonds is 10. The Morgan fingerprint density at radius 2 is 2.04 bits per heavy atom. The standard InChI is InChI=1S/C16H26FN5O2/c1-2-3-4-5-6-7-9-20-14-13(17)12(8-10-21-14)11-24-16(23)22-15(18)19/h8,10H,2-7,9,11H2,1H3,(H,20,21)(H4,18,19,22,23)/p+1. The maximum absolute atomic E-state index is 14.3. The van der Waals surface area contributed by atoms with Crippen molar-refractivity contribution in [1.82, 2.24) is 10.3 Å². The number of amides is 1. The minimum atomic E-state index is -0.840. The first-order valence-electron chi connectivity index (χ1n) is 8.23. The second-order valence-electron chi connectivity index (χ2n) is 5.48. The van der Waals surface area contributed by atoms with Crippen LogP contribution in [0, 0.1) is 5.82 Å². The van der Waals surface area contributed by atoms with Crippen LogP contribution in [-0.4, -0.2) is 23.6 Å². The van der Waals surface area contributed by atoms with Crippen LogP contribution in [-0.2, 0) is 11.3 Å². The van der Waals surface area contributed by atoms with Gasteiger partial charge in [-0.3, -0.25) is 11.1 Å². The van der Waals surface area contributed by atoms with Gasteiger partial charge in [0.1, 0.15) is 6.61 Å². The number of guanidine groups is 1. The van der Waals surface area contributed by atoms with Gasteiger partial charge < -0.3 is 10.1 Å². The number of nitrogens with one attached hydrogen (secondary N) is 2. The number of ether oxygens (including phenoxy) is 1. The zero-order valence-electron chi connectivity index (χ0n) is 14.1. The molecule has 0 unspecified atom stereocenters. The third-order valence-electron chi connectivity index (χ3n) is 3.40. The Labute approximate surface area is 141 Å². The number of hydrogen-bond acceptors (Lipinski definition) is 4. The quantitative estimate of drug-likeness (QED) is 0.291. The molecule has 0 bridgehead atoms. The summed E-state index contributed by atoms with van der Waals surface area (Å²) in [5.74, 6) is -0.646. The molecule has 0 fully saturated rings. The zero-order chi connectivity index (χ0) is 17.8. The Bertz CT molecular complexity index is 539. The highest BCUT2D eigenvalue weighted by molar-refractivity contribution is 5.89. The van der Waals surface area contributed by atoms with E-state index in [1.165, 1.54) is 37.9 Å². The molecule has 0 saturated carbocycles. The minimum Gasteiger partial charge on any atom is -0.432 e. The van der Waals surface area contributed by atoms with E-state index in [1.54, 1.807) is 0 Å². The highest BCUT2D eigenvalue weighted by Crippen LogP contribution is 2.16. The maximum atomic E-state index is 14.3. The molecular weight excluding hydrogens is 313 g/mol. The van der Waals surface area contributed by atoms with E-state index in [0.717, 1.165) is 12.8 Å². The summed E-state index contributed by atoms with van der Waals surface area (Å²) in [6, 6.07) is 1.45. The molecule has 0 saturated heterocycles. The third-order valence-corrected chi connectivity index (χ3v) is 3.40. The number of carbonyl (C=O) groups excluding carboxylic acids is 1. The van der Waals surface area contributed by atoms with E-state index in [-0.39, 0.29) is 23.9 Å². The molecule has 7 nitrogen and oxygen atoms in total.